The van der Waals surface area contributed by atoms with Gasteiger partial charge in [0.2, 0.25) is 0 Å². The Hall–Kier alpha value is -7.88. The summed E-state index contributed by atoms with van der Waals surface area (Å²) in [5.41, 5.74) is 18.5. The highest BCUT2D eigenvalue weighted by Crippen LogP contribution is 2.62. The van der Waals surface area contributed by atoms with Gasteiger partial charge in [0.1, 0.15) is 11.2 Å². The Morgan fingerprint density at radius 1 is 0.387 bits per heavy atom. The van der Waals surface area contributed by atoms with Gasteiger partial charge in [0, 0.05) is 39.3 Å². The Labute approximate surface area is 360 Å². The summed E-state index contributed by atoms with van der Waals surface area (Å²) < 4.78 is 6.61. The van der Waals surface area contributed by atoms with Crippen molar-refractivity contribution >= 4 is 21.9 Å². The number of allylic oxidation sites excluding steroid dienone is 4. The van der Waals surface area contributed by atoms with E-state index in [1.165, 1.54) is 50.1 Å². The van der Waals surface area contributed by atoms with Gasteiger partial charge >= 0.3 is 0 Å². The Bertz CT molecular complexity index is 3420. The molecule has 10 aromatic rings. The van der Waals surface area contributed by atoms with E-state index in [0.717, 1.165) is 55.6 Å². The number of nitrogens with zero attached hydrogens (tertiary/aromatic N) is 2. The van der Waals surface area contributed by atoms with Crippen LogP contribution in [0.1, 0.15) is 45.2 Å². The average molecular weight is 791 g/mol. The predicted octanol–water partition coefficient (Wildman–Crippen LogP) is 14.7. The lowest BCUT2D eigenvalue weighted by molar-refractivity contribution is 0.670. The molecule has 13 rings (SSSR count). The smallest absolute Gasteiger partial charge is 0.160 e. The number of aromatic nitrogens is 2. The fourth-order valence-electron chi connectivity index (χ4n) is 10.9. The highest BCUT2D eigenvalue weighted by atomic mass is 16.3. The number of furan rings is 1. The average Bonchev–Trinajstić information content (AvgIpc) is 3.84. The van der Waals surface area contributed by atoms with Crippen LogP contribution in [-0.2, 0) is 5.41 Å². The molecular weight excluding hydrogens is 753 g/mol. The van der Waals surface area contributed by atoms with E-state index in [0.29, 0.717) is 5.82 Å². The summed E-state index contributed by atoms with van der Waals surface area (Å²) in [6.07, 6.45) is 9.23. The zero-order chi connectivity index (χ0) is 40.8. The lowest BCUT2D eigenvalue weighted by atomic mass is 9.66. The second-order valence-corrected chi connectivity index (χ2v) is 16.7. The molecule has 2 heterocycles. The molecule has 1 spiro atoms. The molecule has 2 aromatic heterocycles. The molecule has 2 unspecified atom stereocenters. The normalized spacial score (nSPS) is 17.9. The summed E-state index contributed by atoms with van der Waals surface area (Å²) in [4.78, 5) is 10.9. The molecule has 0 N–H and O–H groups in total. The first-order chi connectivity index (χ1) is 30.7. The maximum atomic E-state index is 6.61. The van der Waals surface area contributed by atoms with Crippen LogP contribution in [0.4, 0.5) is 0 Å². The molecule has 2 atom stereocenters. The first kappa shape index (κ1) is 34.9. The van der Waals surface area contributed by atoms with Crippen molar-refractivity contribution in [1.29, 1.82) is 0 Å². The Morgan fingerprint density at radius 2 is 0.952 bits per heavy atom. The number of rotatable bonds is 4. The summed E-state index contributed by atoms with van der Waals surface area (Å²) in [5.74, 6) is 1.10. The maximum Gasteiger partial charge on any atom is 0.160 e. The standard InChI is InChI=1S/C59H38N2O/c1-2-15-37(16-3-1)38-29-31-39(32-30-38)54-36-55(49-24-14-23-48-47-22-9-13-28-56(47)62-57(48)49)61-58(60-54)40-33-34-46-45-21-8-12-27-52(45)59(53(46)35-40)50-25-10-6-19-43(50)41-17-4-5-18-42(41)44-20-7-11-26-51(44)59/h1-36,41-42H. The number of para-hydroxylation sites is 2. The Morgan fingerprint density at radius 3 is 1.73 bits per heavy atom. The minimum absolute atomic E-state index is 0.216. The molecule has 3 aliphatic rings. The van der Waals surface area contributed by atoms with Crippen molar-refractivity contribution in [3.63, 3.8) is 0 Å². The summed E-state index contributed by atoms with van der Waals surface area (Å²) in [7, 11) is 0. The third kappa shape index (κ3) is 5.06. The summed E-state index contributed by atoms with van der Waals surface area (Å²) in [6.45, 7) is 0. The van der Waals surface area contributed by atoms with Crippen molar-refractivity contribution in [3.05, 3.63) is 252 Å². The number of hydrogen-bond donors (Lipinski definition) is 0. The maximum absolute atomic E-state index is 6.61. The van der Waals surface area contributed by atoms with Crippen LogP contribution in [0.15, 0.2) is 223 Å². The minimum atomic E-state index is -0.568. The third-order valence-electron chi connectivity index (χ3n) is 13.6. The predicted molar refractivity (Wildman–Crippen MR) is 252 cm³/mol. The van der Waals surface area contributed by atoms with E-state index < -0.39 is 5.41 Å². The second kappa shape index (κ2) is 13.6. The van der Waals surface area contributed by atoms with Crippen LogP contribution in [0.2, 0.25) is 0 Å². The van der Waals surface area contributed by atoms with Crippen molar-refractivity contribution in [1.82, 2.24) is 9.97 Å². The molecule has 0 radical (unpaired) electrons. The molecule has 0 aliphatic heterocycles. The van der Waals surface area contributed by atoms with E-state index in [2.05, 4.69) is 206 Å². The van der Waals surface area contributed by atoms with Gasteiger partial charge in [-0.15, -0.1) is 0 Å². The second-order valence-electron chi connectivity index (χ2n) is 16.7. The molecule has 3 nitrogen and oxygen atoms in total. The molecule has 0 amide bonds. The van der Waals surface area contributed by atoms with E-state index in [1.807, 2.05) is 12.1 Å². The van der Waals surface area contributed by atoms with E-state index in [1.54, 1.807) is 0 Å². The third-order valence-corrected chi connectivity index (χ3v) is 13.6. The fourth-order valence-corrected chi connectivity index (χ4v) is 10.9. The topological polar surface area (TPSA) is 38.9 Å². The van der Waals surface area contributed by atoms with E-state index in [-0.39, 0.29) is 11.8 Å². The lowest BCUT2D eigenvalue weighted by Crippen LogP contribution is -2.30. The molecule has 0 bridgehead atoms. The van der Waals surface area contributed by atoms with Gasteiger partial charge in [-0.1, -0.05) is 194 Å². The van der Waals surface area contributed by atoms with Crippen molar-refractivity contribution in [2.45, 2.75) is 17.3 Å². The van der Waals surface area contributed by atoms with Crippen molar-refractivity contribution in [2.75, 3.05) is 0 Å². The largest absolute Gasteiger partial charge is 0.455 e. The Kier molecular flexibility index (Phi) is 7.65. The lowest BCUT2D eigenvalue weighted by Gasteiger charge is -2.35. The van der Waals surface area contributed by atoms with Crippen LogP contribution < -0.4 is 0 Å². The molecule has 3 heteroatoms. The van der Waals surface area contributed by atoms with Crippen LogP contribution in [-0.4, -0.2) is 9.97 Å². The zero-order valence-electron chi connectivity index (χ0n) is 33.7. The highest BCUT2D eigenvalue weighted by molar-refractivity contribution is 6.09. The van der Waals surface area contributed by atoms with Gasteiger partial charge < -0.3 is 4.42 Å². The van der Waals surface area contributed by atoms with Gasteiger partial charge in [0.05, 0.1) is 16.8 Å². The molecule has 0 saturated heterocycles. The first-order valence-electron chi connectivity index (χ1n) is 21.5. The number of fused-ring (bicyclic) bond motifs is 15. The van der Waals surface area contributed by atoms with Gasteiger partial charge in [0.15, 0.2) is 5.82 Å². The Balaban J connectivity index is 1.07. The monoisotopic (exact) mass is 790 g/mol. The van der Waals surface area contributed by atoms with Crippen LogP contribution in [0.5, 0.6) is 0 Å². The van der Waals surface area contributed by atoms with Crippen molar-refractivity contribution in [2.24, 2.45) is 0 Å². The number of hydrogen-bond acceptors (Lipinski definition) is 3. The fraction of sp³-hybridized carbons (Fsp3) is 0.0508. The van der Waals surface area contributed by atoms with E-state index in [9.17, 15) is 0 Å². The van der Waals surface area contributed by atoms with Gasteiger partial charge in [-0.2, -0.15) is 0 Å². The summed E-state index contributed by atoms with van der Waals surface area (Å²) in [5, 5.41) is 2.16. The van der Waals surface area contributed by atoms with Crippen molar-refractivity contribution in [3.8, 4) is 56.2 Å². The van der Waals surface area contributed by atoms with Crippen LogP contribution in [0, 0.1) is 0 Å². The highest BCUT2D eigenvalue weighted by Gasteiger charge is 2.51. The van der Waals surface area contributed by atoms with E-state index >= 15 is 0 Å². The molecule has 0 saturated carbocycles. The van der Waals surface area contributed by atoms with Crippen molar-refractivity contribution < 1.29 is 4.42 Å². The first-order valence-corrected chi connectivity index (χ1v) is 21.5. The molecular formula is C59H38N2O. The van der Waals surface area contributed by atoms with Gasteiger partial charge in [-0.25, -0.2) is 9.97 Å². The SMILES string of the molecule is C1=CC2c3ccccc3C3(c4ccccc4-c4ccc(-c5nc(-c6ccc(-c7ccccc7)cc6)cc(-c6cccc7c6oc6ccccc67)n5)cc43)c3ccccc3C2C=C1. The van der Waals surface area contributed by atoms with Gasteiger partial charge in [-0.05, 0) is 79.9 Å². The zero-order valence-corrected chi connectivity index (χ0v) is 33.7. The minimum Gasteiger partial charge on any atom is -0.455 e. The van der Waals surface area contributed by atoms with Gasteiger partial charge in [0.25, 0.3) is 0 Å². The van der Waals surface area contributed by atoms with Crippen LogP contribution >= 0.6 is 0 Å². The molecule has 62 heavy (non-hydrogen) atoms. The molecule has 8 aromatic carbocycles. The molecule has 3 aliphatic carbocycles. The molecule has 0 fully saturated rings. The van der Waals surface area contributed by atoms with E-state index in [4.69, 9.17) is 14.4 Å². The van der Waals surface area contributed by atoms with Crippen LogP contribution in [0.3, 0.4) is 0 Å². The number of benzene rings is 8. The van der Waals surface area contributed by atoms with Crippen LogP contribution in [0.25, 0.3) is 78.1 Å². The summed E-state index contributed by atoms with van der Waals surface area (Å²) >= 11 is 0. The summed E-state index contributed by atoms with van der Waals surface area (Å²) in [6, 6.07) is 70.2. The van der Waals surface area contributed by atoms with Gasteiger partial charge in [-0.3, -0.25) is 0 Å². The molecule has 290 valence electrons. The quantitative estimate of drug-likeness (QED) is 0.178.